The highest BCUT2D eigenvalue weighted by molar-refractivity contribution is 6.58. The number of nitrogens with zero attached hydrogens (tertiary/aromatic N) is 1. The lowest BCUT2D eigenvalue weighted by Crippen LogP contribution is -2.31. The van der Waals surface area contributed by atoms with Gasteiger partial charge in [-0.3, -0.25) is 0 Å². The Balaban J connectivity index is 2.72. The Morgan fingerprint density at radius 2 is 2.00 bits per heavy atom. The van der Waals surface area contributed by atoms with Gasteiger partial charge in [-0.15, -0.1) is 0 Å². The van der Waals surface area contributed by atoms with Crippen molar-refractivity contribution in [3.63, 3.8) is 0 Å². The molecular weight excluding hydrogens is 232 g/mol. The van der Waals surface area contributed by atoms with E-state index < -0.39 is 12.9 Å². The summed E-state index contributed by atoms with van der Waals surface area (Å²) in [6, 6.07) is 4.20. The van der Waals surface area contributed by atoms with Crippen molar-refractivity contribution in [2.45, 2.75) is 26.8 Å². The van der Waals surface area contributed by atoms with Crippen LogP contribution in [-0.2, 0) is 6.54 Å². The third-order valence-corrected chi connectivity index (χ3v) is 3.05. The second-order valence-corrected chi connectivity index (χ2v) is 4.98. The van der Waals surface area contributed by atoms with E-state index >= 15 is 0 Å². The summed E-state index contributed by atoms with van der Waals surface area (Å²) < 4.78 is 13.3. The lowest BCUT2D eigenvalue weighted by molar-refractivity contribution is 0.275. The maximum Gasteiger partial charge on any atom is 0.488 e. The Morgan fingerprint density at radius 3 is 2.56 bits per heavy atom. The van der Waals surface area contributed by atoms with Gasteiger partial charge >= 0.3 is 7.12 Å². The molecule has 18 heavy (non-hydrogen) atoms. The van der Waals surface area contributed by atoms with Crippen LogP contribution in [0.25, 0.3) is 0 Å². The topological polar surface area (TPSA) is 43.7 Å². The van der Waals surface area contributed by atoms with Gasteiger partial charge in [0.2, 0.25) is 0 Å². The Morgan fingerprint density at radius 1 is 1.33 bits per heavy atom. The van der Waals surface area contributed by atoms with Gasteiger partial charge in [0.05, 0.1) is 0 Å². The van der Waals surface area contributed by atoms with E-state index in [2.05, 4.69) is 18.7 Å². The van der Waals surface area contributed by atoms with Crippen molar-refractivity contribution in [1.29, 1.82) is 0 Å². The van der Waals surface area contributed by atoms with Crippen molar-refractivity contribution in [2.24, 2.45) is 5.92 Å². The van der Waals surface area contributed by atoms with Crippen LogP contribution in [0, 0.1) is 11.7 Å². The Kier molecular flexibility index (Phi) is 5.79. The lowest BCUT2D eigenvalue weighted by atomic mass is 9.79. The van der Waals surface area contributed by atoms with Gasteiger partial charge in [-0.2, -0.15) is 0 Å². The summed E-state index contributed by atoms with van der Waals surface area (Å²) in [5, 5.41) is 18.1. The number of benzene rings is 1. The second kappa shape index (κ2) is 6.88. The van der Waals surface area contributed by atoms with Gasteiger partial charge in [0.25, 0.3) is 0 Å². The molecule has 0 radical (unpaired) electrons. The molecule has 5 heteroatoms. The monoisotopic (exact) mass is 253 g/mol. The van der Waals surface area contributed by atoms with Crippen molar-refractivity contribution in [3.05, 3.63) is 29.6 Å². The van der Waals surface area contributed by atoms with Gasteiger partial charge in [0.15, 0.2) is 0 Å². The molecule has 0 amide bonds. The zero-order valence-corrected chi connectivity index (χ0v) is 11.2. The van der Waals surface area contributed by atoms with Crippen molar-refractivity contribution in [2.75, 3.05) is 13.6 Å². The van der Waals surface area contributed by atoms with Gasteiger partial charge in [-0.1, -0.05) is 26.3 Å². The molecule has 2 N–H and O–H groups in total. The first kappa shape index (κ1) is 15.2. The molecule has 0 aliphatic heterocycles. The van der Waals surface area contributed by atoms with E-state index in [0.717, 1.165) is 24.6 Å². The van der Waals surface area contributed by atoms with Crippen molar-refractivity contribution in [3.8, 4) is 0 Å². The van der Waals surface area contributed by atoms with Crippen LogP contribution in [0.4, 0.5) is 4.39 Å². The van der Waals surface area contributed by atoms with Gasteiger partial charge < -0.3 is 14.9 Å². The molecule has 100 valence electrons. The molecule has 0 fully saturated rings. The van der Waals surface area contributed by atoms with E-state index in [1.807, 2.05) is 7.05 Å². The minimum Gasteiger partial charge on any atom is -0.423 e. The highest BCUT2D eigenvalue weighted by Gasteiger charge is 2.14. The fraction of sp³-hybridized carbons (Fsp3) is 0.538. The fourth-order valence-electron chi connectivity index (χ4n) is 1.95. The third kappa shape index (κ3) is 4.76. The van der Waals surface area contributed by atoms with Crippen LogP contribution in [0.5, 0.6) is 0 Å². The molecule has 0 aliphatic rings. The van der Waals surface area contributed by atoms with Crippen molar-refractivity contribution in [1.82, 2.24) is 4.90 Å². The van der Waals surface area contributed by atoms with Crippen LogP contribution in [0.2, 0.25) is 0 Å². The van der Waals surface area contributed by atoms with Crippen LogP contribution >= 0.6 is 0 Å². The number of rotatable bonds is 6. The Bertz CT molecular complexity index is 387. The first-order chi connectivity index (χ1) is 8.42. The van der Waals surface area contributed by atoms with Crippen molar-refractivity contribution < 1.29 is 14.4 Å². The molecule has 0 spiro atoms. The van der Waals surface area contributed by atoms with Crippen LogP contribution < -0.4 is 5.46 Å². The van der Waals surface area contributed by atoms with Gasteiger partial charge in [0.1, 0.15) is 5.82 Å². The largest absolute Gasteiger partial charge is 0.488 e. The number of halogens is 1. The standard InChI is InChI=1S/C13H21BFNO2/c1-4-10(2)8-16(3)9-11-5-12(14(17)18)7-13(15)6-11/h5-7,10,17-18H,4,8-9H2,1-3H3. The molecule has 0 saturated carbocycles. The summed E-state index contributed by atoms with van der Waals surface area (Å²) in [4.78, 5) is 2.11. The smallest absolute Gasteiger partial charge is 0.423 e. The fourth-order valence-corrected chi connectivity index (χ4v) is 1.95. The minimum absolute atomic E-state index is 0.196. The van der Waals surface area contributed by atoms with E-state index in [4.69, 9.17) is 10.0 Å². The summed E-state index contributed by atoms with van der Waals surface area (Å²) in [6.45, 7) is 5.84. The molecular formula is C13H21BFNO2. The first-order valence-corrected chi connectivity index (χ1v) is 6.26. The highest BCUT2D eigenvalue weighted by Crippen LogP contribution is 2.08. The molecule has 0 heterocycles. The summed E-state index contributed by atoms with van der Waals surface area (Å²) in [7, 11) is 0.353. The van der Waals surface area contributed by atoms with Crippen LogP contribution in [0.15, 0.2) is 18.2 Å². The molecule has 1 atom stereocenters. The molecule has 0 saturated heterocycles. The first-order valence-electron chi connectivity index (χ1n) is 6.26. The summed E-state index contributed by atoms with van der Waals surface area (Å²) in [5.74, 6) is 0.152. The SMILES string of the molecule is CCC(C)CN(C)Cc1cc(F)cc(B(O)O)c1. The average molecular weight is 253 g/mol. The Hall–Kier alpha value is -0.905. The van der Waals surface area contributed by atoms with Gasteiger partial charge in [-0.05, 0) is 36.1 Å². The van der Waals surface area contributed by atoms with Gasteiger partial charge in [-0.25, -0.2) is 4.39 Å². The van der Waals surface area contributed by atoms with Crippen LogP contribution in [0.1, 0.15) is 25.8 Å². The minimum atomic E-state index is -1.63. The van der Waals surface area contributed by atoms with E-state index in [9.17, 15) is 4.39 Å². The normalized spacial score (nSPS) is 12.8. The Labute approximate surface area is 108 Å². The molecule has 0 aromatic heterocycles. The third-order valence-electron chi connectivity index (χ3n) is 3.05. The quantitative estimate of drug-likeness (QED) is 0.743. The maximum absolute atomic E-state index is 13.3. The number of hydrogen-bond donors (Lipinski definition) is 2. The summed E-state index contributed by atoms with van der Waals surface area (Å²) in [6.07, 6.45) is 1.11. The van der Waals surface area contributed by atoms with Crippen molar-refractivity contribution >= 4 is 12.6 Å². The molecule has 1 aromatic rings. The molecule has 0 aliphatic carbocycles. The molecule has 1 unspecified atom stereocenters. The zero-order valence-electron chi connectivity index (χ0n) is 11.2. The number of hydrogen-bond acceptors (Lipinski definition) is 3. The molecule has 0 bridgehead atoms. The predicted molar refractivity (Wildman–Crippen MR) is 72.0 cm³/mol. The summed E-state index contributed by atoms with van der Waals surface area (Å²) in [5.41, 5.74) is 0.950. The average Bonchev–Trinajstić information content (AvgIpc) is 2.27. The molecule has 3 nitrogen and oxygen atoms in total. The van der Waals surface area contributed by atoms with E-state index in [1.54, 1.807) is 6.07 Å². The van der Waals surface area contributed by atoms with Crippen LogP contribution in [-0.4, -0.2) is 35.7 Å². The van der Waals surface area contributed by atoms with Crippen LogP contribution in [0.3, 0.4) is 0 Å². The highest BCUT2D eigenvalue weighted by atomic mass is 19.1. The lowest BCUT2D eigenvalue weighted by Gasteiger charge is -2.20. The summed E-state index contributed by atoms with van der Waals surface area (Å²) >= 11 is 0. The predicted octanol–water partition coefficient (Wildman–Crippen LogP) is 0.983. The molecule has 1 aromatic carbocycles. The van der Waals surface area contributed by atoms with E-state index in [1.165, 1.54) is 6.07 Å². The van der Waals surface area contributed by atoms with E-state index in [-0.39, 0.29) is 5.46 Å². The molecule has 1 rings (SSSR count). The zero-order chi connectivity index (χ0) is 13.7. The van der Waals surface area contributed by atoms with Gasteiger partial charge in [0, 0.05) is 13.1 Å². The maximum atomic E-state index is 13.3. The van der Waals surface area contributed by atoms with E-state index in [0.29, 0.717) is 12.5 Å². The second-order valence-electron chi connectivity index (χ2n) is 4.98.